The van der Waals surface area contributed by atoms with Crippen LogP contribution in [-0.4, -0.2) is 23.0 Å². The first-order valence-corrected chi connectivity index (χ1v) is 6.35. The molecular formula is C14H10ClNO4. The fraction of sp³-hybridized carbons (Fsp3) is 0.143. The van der Waals surface area contributed by atoms with Crippen LogP contribution in [0.5, 0.6) is 0 Å². The van der Waals surface area contributed by atoms with Gasteiger partial charge in [-0.2, -0.15) is 0 Å². The third kappa shape index (κ3) is 1.96. The van der Waals surface area contributed by atoms with Crippen molar-refractivity contribution in [2.75, 3.05) is 4.90 Å². The summed E-state index contributed by atoms with van der Waals surface area (Å²) in [5, 5.41) is 9.40. The van der Waals surface area contributed by atoms with Crippen molar-refractivity contribution >= 4 is 29.2 Å². The molecule has 1 atom stereocenters. The van der Waals surface area contributed by atoms with E-state index in [9.17, 15) is 14.7 Å². The van der Waals surface area contributed by atoms with E-state index in [1.54, 1.807) is 12.1 Å². The molecule has 0 spiro atoms. The van der Waals surface area contributed by atoms with E-state index in [0.717, 1.165) is 5.56 Å². The minimum Gasteiger partial charge on any atom is -0.480 e. The number of rotatable bonds is 2. The highest BCUT2D eigenvalue weighted by Gasteiger charge is 2.39. The number of carbonyl (C=O) groups excluding carboxylic acids is 1. The standard InChI is InChI=1S/C14H10ClNO4/c15-12-6-5-11(20-12)13(17)16-9-4-2-1-3-8(9)7-10(16)14(18)19/h1-6,10H,7H2,(H,18,19)/t10-/m0/s1. The van der Waals surface area contributed by atoms with Crippen molar-refractivity contribution < 1.29 is 19.1 Å². The summed E-state index contributed by atoms with van der Waals surface area (Å²) in [5.41, 5.74) is 1.42. The highest BCUT2D eigenvalue weighted by atomic mass is 35.5. The second-order valence-corrected chi connectivity index (χ2v) is 4.84. The van der Waals surface area contributed by atoms with E-state index in [0.29, 0.717) is 5.69 Å². The Bertz CT molecular complexity index is 694. The first-order chi connectivity index (χ1) is 9.58. The average Bonchev–Trinajstić information content (AvgIpc) is 3.01. The molecule has 0 saturated heterocycles. The van der Waals surface area contributed by atoms with E-state index in [1.807, 2.05) is 12.1 Å². The van der Waals surface area contributed by atoms with Crippen LogP contribution in [0.15, 0.2) is 40.8 Å². The molecule has 6 heteroatoms. The minimum absolute atomic E-state index is 0.0259. The highest BCUT2D eigenvalue weighted by molar-refractivity contribution is 6.29. The molecule has 0 fully saturated rings. The Labute approximate surface area is 119 Å². The van der Waals surface area contributed by atoms with Crippen molar-refractivity contribution in [2.45, 2.75) is 12.5 Å². The number of benzene rings is 1. The molecule has 1 N–H and O–H groups in total. The summed E-state index contributed by atoms with van der Waals surface area (Å²) < 4.78 is 5.08. The van der Waals surface area contributed by atoms with E-state index in [4.69, 9.17) is 16.0 Å². The van der Waals surface area contributed by atoms with E-state index >= 15 is 0 Å². The van der Waals surface area contributed by atoms with Gasteiger partial charge in [-0.15, -0.1) is 0 Å². The lowest BCUT2D eigenvalue weighted by atomic mass is 10.1. The summed E-state index contributed by atoms with van der Waals surface area (Å²) in [6.45, 7) is 0. The van der Waals surface area contributed by atoms with Crippen molar-refractivity contribution in [1.82, 2.24) is 0 Å². The summed E-state index contributed by atoms with van der Waals surface area (Å²) in [5.74, 6) is -1.53. The molecule has 0 saturated carbocycles. The molecule has 1 aromatic carbocycles. The molecule has 2 heterocycles. The number of carboxylic acids is 1. The van der Waals surface area contributed by atoms with Gasteiger partial charge in [0.2, 0.25) is 0 Å². The number of carbonyl (C=O) groups is 2. The Balaban J connectivity index is 2.04. The van der Waals surface area contributed by atoms with Gasteiger partial charge in [-0.05, 0) is 35.4 Å². The zero-order valence-corrected chi connectivity index (χ0v) is 11.0. The van der Waals surface area contributed by atoms with Crippen LogP contribution in [-0.2, 0) is 11.2 Å². The molecule has 3 rings (SSSR count). The molecule has 20 heavy (non-hydrogen) atoms. The van der Waals surface area contributed by atoms with Gasteiger partial charge in [0.05, 0.1) is 0 Å². The highest BCUT2D eigenvalue weighted by Crippen LogP contribution is 2.33. The Morgan fingerprint density at radius 1 is 1.25 bits per heavy atom. The van der Waals surface area contributed by atoms with Crippen LogP contribution in [0.25, 0.3) is 0 Å². The number of aliphatic carboxylic acids is 1. The zero-order valence-electron chi connectivity index (χ0n) is 10.2. The zero-order chi connectivity index (χ0) is 14.3. The summed E-state index contributed by atoms with van der Waals surface area (Å²) in [7, 11) is 0. The van der Waals surface area contributed by atoms with Gasteiger partial charge in [-0.25, -0.2) is 4.79 Å². The molecule has 5 nitrogen and oxygen atoms in total. The minimum atomic E-state index is -1.05. The molecule has 1 aromatic heterocycles. The molecular weight excluding hydrogens is 282 g/mol. The lowest BCUT2D eigenvalue weighted by Crippen LogP contribution is -2.42. The molecule has 102 valence electrons. The van der Waals surface area contributed by atoms with E-state index in [-0.39, 0.29) is 17.4 Å². The quantitative estimate of drug-likeness (QED) is 0.923. The van der Waals surface area contributed by atoms with Crippen LogP contribution >= 0.6 is 11.6 Å². The summed E-state index contributed by atoms with van der Waals surface area (Å²) in [6.07, 6.45) is 0.283. The monoisotopic (exact) mass is 291 g/mol. The van der Waals surface area contributed by atoms with Gasteiger partial charge in [0.25, 0.3) is 5.91 Å². The number of carboxylic acid groups (broad SMARTS) is 1. The number of hydrogen-bond acceptors (Lipinski definition) is 3. The van der Waals surface area contributed by atoms with Gasteiger partial charge >= 0.3 is 5.97 Å². The van der Waals surface area contributed by atoms with E-state index in [1.165, 1.54) is 17.0 Å². The maximum Gasteiger partial charge on any atom is 0.327 e. The van der Waals surface area contributed by atoms with E-state index < -0.39 is 17.9 Å². The van der Waals surface area contributed by atoms with Crippen molar-refractivity contribution in [3.05, 3.63) is 52.9 Å². The maximum absolute atomic E-state index is 12.4. The molecule has 0 unspecified atom stereocenters. The van der Waals surface area contributed by atoms with E-state index in [2.05, 4.69) is 0 Å². The first kappa shape index (κ1) is 12.7. The second-order valence-electron chi connectivity index (χ2n) is 4.47. The van der Waals surface area contributed by atoms with Crippen molar-refractivity contribution in [3.63, 3.8) is 0 Å². The Kier molecular flexibility index (Phi) is 2.99. The number of hydrogen-bond donors (Lipinski definition) is 1. The predicted octanol–water partition coefficient (Wildman–Crippen LogP) is 2.59. The van der Waals surface area contributed by atoms with Gasteiger partial charge in [0.1, 0.15) is 6.04 Å². The molecule has 1 aliphatic rings. The molecule has 2 aromatic rings. The lowest BCUT2D eigenvalue weighted by molar-refractivity contribution is -0.138. The van der Waals surface area contributed by atoms with Crippen molar-refractivity contribution in [1.29, 1.82) is 0 Å². The van der Waals surface area contributed by atoms with Gasteiger partial charge < -0.3 is 9.52 Å². The second kappa shape index (κ2) is 4.68. The number of anilines is 1. The van der Waals surface area contributed by atoms with Crippen LogP contribution in [0.1, 0.15) is 16.1 Å². The average molecular weight is 292 g/mol. The fourth-order valence-corrected chi connectivity index (χ4v) is 2.53. The first-order valence-electron chi connectivity index (χ1n) is 5.97. The van der Waals surface area contributed by atoms with Gasteiger partial charge in [0, 0.05) is 12.1 Å². The number of para-hydroxylation sites is 1. The number of halogens is 1. The Morgan fingerprint density at radius 2 is 2.00 bits per heavy atom. The topological polar surface area (TPSA) is 70.8 Å². The van der Waals surface area contributed by atoms with Crippen LogP contribution in [0.3, 0.4) is 0 Å². The smallest absolute Gasteiger partial charge is 0.327 e. The molecule has 0 bridgehead atoms. The third-order valence-corrected chi connectivity index (χ3v) is 3.47. The van der Waals surface area contributed by atoms with Gasteiger partial charge in [-0.3, -0.25) is 9.69 Å². The van der Waals surface area contributed by atoms with Crippen LogP contribution in [0.4, 0.5) is 5.69 Å². The molecule has 1 aliphatic heterocycles. The van der Waals surface area contributed by atoms with Crippen LogP contribution in [0, 0.1) is 0 Å². The van der Waals surface area contributed by atoms with Crippen molar-refractivity contribution in [3.8, 4) is 0 Å². The van der Waals surface area contributed by atoms with Crippen molar-refractivity contribution in [2.24, 2.45) is 0 Å². The molecule has 0 radical (unpaired) electrons. The number of fused-ring (bicyclic) bond motifs is 1. The SMILES string of the molecule is O=C(O)[C@@H]1Cc2ccccc2N1C(=O)c1ccc(Cl)o1. The number of furan rings is 1. The number of nitrogens with zero attached hydrogens (tertiary/aromatic N) is 1. The molecule has 0 aliphatic carbocycles. The maximum atomic E-state index is 12.4. The Morgan fingerprint density at radius 3 is 2.65 bits per heavy atom. The summed E-state index contributed by atoms with van der Waals surface area (Å²) >= 11 is 5.66. The normalized spacial score (nSPS) is 17.1. The largest absolute Gasteiger partial charge is 0.480 e. The molecule has 1 amide bonds. The third-order valence-electron chi connectivity index (χ3n) is 3.26. The lowest BCUT2D eigenvalue weighted by Gasteiger charge is -2.21. The summed E-state index contributed by atoms with van der Waals surface area (Å²) in [6, 6.07) is 9.07. The number of amides is 1. The van der Waals surface area contributed by atoms with Gasteiger partial charge in [0.15, 0.2) is 11.0 Å². The van der Waals surface area contributed by atoms with Gasteiger partial charge in [-0.1, -0.05) is 18.2 Å². The summed E-state index contributed by atoms with van der Waals surface area (Å²) in [4.78, 5) is 25.1. The predicted molar refractivity (Wildman–Crippen MR) is 72.1 cm³/mol. The van der Waals surface area contributed by atoms with Crippen LogP contribution in [0.2, 0.25) is 5.22 Å². The Hall–Kier alpha value is -2.27. The fourth-order valence-electron chi connectivity index (χ4n) is 2.38. The van der Waals surface area contributed by atoms with Crippen LogP contribution < -0.4 is 4.90 Å².